The Balaban J connectivity index is 0.0000101. The van der Waals surface area contributed by atoms with Crippen molar-refractivity contribution in [2.24, 2.45) is 9.98 Å². The standard InChI is InChI=1S/C42H68N2.Pd/c1-7-13-19-23-35-29-31-39(33-37(35)25-21-15-9-3)43-41(27-17-11-5)42(28-18-12-6)44-40-32-30-36(24-20-14-8-2)38(34-40)26-22-16-10-4;/h29-34H,7-28H2,1-6H3;. The maximum Gasteiger partial charge on any atom is 0.0636 e. The molecule has 0 spiro atoms. The number of nitrogens with zero attached hydrogens (tertiary/aromatic N) is 2. The molecule has 0 radical (unpaired) electrons. The van der Waals surface area contributed by atoms with Crippen molar-refractivity contribution in [3.05, 3.63) is 58.7 Å². The van der Waals surface area contributed by atoms with Gasteiger partial charge in [-0.25, -0.2) is 0 Å². The Kier molecular flexibility index (Phi) is 24.4. The summed E-state index contributed by atoms with van der Waals surface area (Å²) in [6, 6.07) is 14.2. The van der Waals surface area contributed by atoms with Gasteiger partial charge in [-0.1, -0.05) is 118 Å². The van der Waals surface area contributed by atoms with E-state index in [1.807, 2.05) is 0 Å². The van der Waals surface area contributed by atoms with Gasteiger partial charge in [-0.15, -0.1) is 0 Å². The van der Waals surface area contributed by atoms with Gasteiger partial charge >= 0.3 is 0 Å². The Labute approximate surface area is 293 Å². The molecule has 45 heavy (non-hydrogen) atoms. The van der Waals surface area contributed by atoms with Gasteiger partial charge in [0.1, 0.15) is 0 Å². The van der Waals surface area contributed by atoms with Crippen LogP contribution in [-0.4, -0.2) is 11.4 Å². The molecule has 0 atom stereocenters. The van der Waals surface area contributed by atoms with Crippen LogP contribution in [-0.2, 0) is 46.1 Å². The van der Waals surface area contributed by atoms with Crippen molar-refractivity contribution in [2.75, 3.05) is 0 Å². The summed E-state index contributed by atoms with van der Waals surface area (Å²) in [7, 11) is 0. The van der Waals surface area contributed by atoms with E-state index in [-0.39, 0.29) is 20.4 Å². The van der Waals surface area contributed by atoms with E-state index < -0.39 is 0 Å². The Bertz CT molecular complexity index is 1010. The van der Waals surface area contributed by atoms with E-state index >= 15 is 0 Å². The molecule has 2 aromatic carbocycles. The summed E-state index contributed by atoms with van der Waals surface area (Å²) in [4.78, 5) is 10.8. The molecule has 0 saturated heterocycles. The van der Waals surface area contributed by atoms with Gasteiger partial charge in [0.25, 0.3) is 0 Å². The second kappa shape index (κ2) is 26.5. The third kappa shape index (κ3) is 16.7. The zero-order chi connectivity index (χ0) is 31.8. The second-order valence-electron chi connectivity index (χ2n) is 13.1. The predicted octanol–water partition coefficient (Wildman–Crippen LogP) is 13.8. The van der Waals surface area contributed by atoms with Crippen molar-refractivity contribution in [2.45, 2.75) is 183 Å². The zero-order valence-corrected chi connectivity index (χ0v) is 31.8. The fraction of sp³-hybridized carbons (Fsp3) is 0.667. The molecule has 0 saturated carbocycles. The Hall–Kier alpha value is -1.56. The number of rotatable bonds is 25. The molecular formula is C42H68N2Pd. The van der Waals surface area contributed by atoms with Gasteiger partial charge in [-0.3, -0.25) is 9.98 Å². The molecule has 0 aliphatic rings. The monoisotopic (exact) mass is 706 g/mol. The van der Waals surface area contributed by atoms with Crippen LogP contribution < -0.4 is 0 Å². The molecule has 2 aromatic rings. The topological polar surface area (TPSA) is 24.7 Å². The van der Waals surface area contributed by atoms with Gasteiger partial charge in [0.2, 0.25) is 0 Å². The van der Waals surface area contributed by atoms with Crippen molar-refractivity contribution in [3.8, 4) is 0 Å². The van der Waals surface area contributed by atoms with Crippen LogP contribution in [0.1, 0.15) is 179 Å². The Morgan fingerprint density at radius 3 is 1.02 bits per heavy atom. The first-order chi connectivity index (χ1) is 21.6. The average Bonchev–Trinajstić information content (AvgIpc) is 3.03. The van der Waals surface area contributed by atoms with Crippen LogP contribution in [0.3, 0.4) is 0 Å². The van der Waals surface area contributed by atoms with Crippen LogP contribution in [0, 0.1) is 0 Å². The van der Waals surface area contributed by atoms with Crippen molar-refractivity contribution in [3.63, 3.8) is 0 Å². The fourth-order valence-corrected chi connectivity index (χ4v) is 6.11. The summed E-state index contributed by atoms with van der Waals surface area (Å²) < 4.78 is 0. The third-order valence-corrected chi connectivity index (χ3v) is 8.97. The first-order valence-electron chi connectivity index (χ1n) is 19.0. The van der Waals surface area contributed by atoms with E-state index in [0.717, 1.165) is 37.1 Å². The number of aryl methyl sites for hydroxylation is 4. The minimum absolute atomic E-state index is 0. The minimum Gasteiger partial charge on any atom is -0.252 e. The second-order valence-corrected chi connectivity index (χ2v) is 13.1. The van der Waals surface area contributed by atoms with Crippen LogP contribution in [0.5, 0.6) is 0 Å². The molecule has 0 aliphatic carbocycles. The fourth-order valence-electron chi connectivity index (χ4n) is 6.11. The van der Waals surface area contributed by atoms with E-state index in [1.165, 1.54) is 149 Å². The molecule has 0 amide bonds. The molecule has 2 nitrogen and oxygen atoms in total. The first-order valence-corrected chi connectivity index (χ1v) is 19.0. The van der Waals surface area contributed by atoms with Gasteiger partial charge in [0.15, 0.2) is 0 Å². The summed E-state index contributed by atoms with van der Waals surface area (Å²) in [5.41, 5.74) is 10.8. The molecule has 0 heterocycles. The molecule has 0 aliphatic heterocycles. The van der Waals surface area contributed by atoms with Crippen molar-refractivity contribution in [1.29, 1.82) is 0 Å². The van der Waals surface area contributed by atoms with Crippen LogP contribution in [0.15, 0.2) is 46.4 Å². The largest absolute Gasteiger partial charge is 0.252 e. The molecule has 0 N–H and O–H groups in total. The molecule has 256 valence electrons. The van der Waals surface area contributed by atoms with E-state index in [1.54, 1.807) is 0 Å². The third-order valence-electron chi connectivity index (χ3n) is 8.97. The predicted molar refractivity (Wildman–Crippen MR) is 199 cm³/mol. The van der Waals surface area contributed by atoms with Gasteiger partial charge in [-0.05, 0) is 124 Å². The van der Waals surface area contributed by atoms with Gasteiger partial charge in [-0.2, -0.15) is 0 Å². The van der Waals surface area contributed by atoms with E-state index in [9.17, 15) is 0 Å². The van der Waals surface area contributed by atoms with Crippen LogP contribution in [0.4, 0.5) is 11.4 Å². The van der Waals surface area contributed by atoms with Crippen LogP contribution in [0.25, 0.3) is 0 Å². The van der Waals surface area contributed by atoms with Crippen molar-refractivity contribution >= 4 is 22.8 Å². The number of hydrogen-bond acceptors (Lipinski definition) is 2. The van der Waals surface area contributed by atoms with E-state index in [0.29, 0.717) is 0 Å². The maximum atomic E-state index is 5.41. The van der Waals surface area contributed by atoms with Gasteiger partial charge < -0.3 is 0 Å². The molecule has 0 unspecified atom stereocenters. The van der Waals surface area contributed by atoms with Crippen molar-refractivity contribution < 1.29 is 20.4 Å². The summed E-state index contributed by atoms with van der Waals surface area (Å²) in [6.45, 7) is 13.8. The smallest absolute Gasteiger partial charge is 0.0636 e. The quantitative estimate of drug-likeness (QED) is 0.0558. The molecule has 0 bridgehead atoms. The number of unbranched alkanes of at least 4 members (excludes halogenated alkanes) is 10. The molecule has 3 heteroatoms. The Morgan fingerprint density at radius 2 is 0.711 bits per heavy atom. The van der Waals surface area contributed by atoms with Gasteiger partial charge in [0.05, 0.1) is 22.8 Å². The SMILES string of the molecule is CCCCCc1ccc(N=C(CCCC)C(CCCC)=Nc2ccc(CCCCC)c(CCCCC)c2)cc1CCCCC.[Pd]. The molecule has 0 aromatic heterocycles. The van der Waals surface area contributed by atoms with E-state index in [4.69, 9.17) is 9.98 Å². The Morgan fingerprint density at radius 1 is 0.400 bits per heavy atom. The van der Waals surface area contributed by atoms with E-state index in [2.05, 4.69) is 77.9 Å². The summed E-state index contributed by atoms with van der Waals surface area (Å²) in [5.74, 6) is 0. The van der Waals surface area contributed by atoms with Crippen molar-refractivity contribution in [1.82, 2.24) is 0 Å². The number of hydrogen-bond donors (Lipinski definition) is 0. The average molecular weight is 707 g/mol. The molecule has 2 rings (SSSR count). The van der Waals surface area contributed by atoms with Crippen LogP contribution in [0.2, 0.25) is 0 Å². The number of benzene rings is 2. The summed E-state index contributed by atoms with van der Waals surface area (Å²) in [5, 5.41) is 0. The first kappa shape index (κ1) is 41.5. The minimum atomic E-state index is 0. The normalized spacial score (nSPS) is 12.0. The summed E-state index contributed by atoms with van der Waals surface area (Å²) in [6.07, 6.45) is 26.8. The maximum absolute atomic E-state index is 5.41. The zero-order valence-electron chi connectivity index (χ0n) is 30.2. The molecular weight excluding hydrogens is 639 g/mol. The molecule has 0 fully saturated rings. The van der Waals surface area contributed by atoms with Crippen LogP contribution >= 0.6 is 0 Å². The van der Waals surface area contributed by atoms with Gasteiger partial charge in [0, 0.05) is 20.4 Å². The summed E-state index contributed by atoms with van der Waals surface area (Å²) >= 11 is 0. The number of aliphatic imine (C=N–C) groups is 2.